The summed E-state index contributed by atoms with van der Waals surface area (Å²) < 4.78 is 9.98. The van der Waals surface area contributed by atoms with Crippen molar-refractivity contribution < 1.29 is 14.3 Å². The minimum Gasteiger partial charge on any atom is -0.480 e. The summed E-state index contributed by atoms with van der Waals surface area (Å²) >= 11 is 0. The number of amides is 1. The first-order valence-electron chi connectivity index (χ1n) is 4.83. The van der Waals surface area contributed by atoms with E-state index in [1.165, 1.54) is 0 Å². The van der Waals surface area contributed by atoms with Gasteiger partial charge in [-0.15, -0.1) is 0 Å². The molecular formula is C10H15N3O3. The van der Waals surface area contributed by atoms with Gasteiger partial charge in [0.2, 0.25) is 0 Å². The molecule has 88 valence electrons. The average Bonchev–Trinajstić information content (AvgIpc) is 2.28. The fourth-order valence-electron chi connectivity index (χ4n) is 1.01. The van der Waals surface area contributed by atoms with Crippen molar-refractivity contribution in [1.29, 1.82) is 0 Å². The summed E-state index contributed by atoms with van der Waals surface area (Å²) in [5, 5.41) is 2.62. The minimum absolute atomic E-state index is 0.0837. The molecule has 6 nitrogen and oxygen atoms in total. The van der Waals surface area contributed by atoms with Gasteiger partial charge in [0.05, 0.1) is 6.61 Å². The Bertz CT molecular complexity index is 344. The van der Waals surface area contributed by atoms with Gasteiger partial charge < -0.3 is 20.5 Å². The molecule has 0 aliphatic heterocycles. The molecule has 1 aromatic heterocycles. The largest absolute Gasteiger partial charge is 0.480 e. The zero-order chi connectivity index (χ0) is 11.8. The Morgan fingerprint density at radius 3 is 3.12 bits per heavy atom. The van der Waals surface area contributed by atoms with Crippen molar-refractivity contribution in [2.75, 3.05) is 32.6 Å². The lowest BCUT2D eigenvalue weighted by Gasteiger charge is -2.08. The molecule has 1 aromatic rings. The average molecular weight is 225 g/mol. The van der Waals surface area contributed by atoms with E-state index in [0.29, 0.717) is 18.9 Å². The Kier molecular flexibility index (Phi) is 5.07. The van der Waals surface area contributed by atoms with Crippen LogP contribution in [0.3, 0.4) is 0 Å². The maximum Gasteiger partial charge on any atom is 0.258 e. The van der Waals surface area contributed by atoms with Crippen LogP contribution in [0.4, 0.5) is 5.82 Å². The second-order valence-electron chi connectivity index (χ2n) is 3.02. The number of nitrogens with two attached hydrogens (primary N) is 1. The molecule has 0 aliphatic rings. The van der Waals surface area contributed by atoms with Gasteiger partial charge in [0.15, 0.2) is 18.2 Å². The van der Waals surface area contributed by atoms with Gasteiger partial charge in [0, 0.05) is 19.9 Å². The summed E-state index contributed by atoms with van der Waals surface area (Å²) in [4.78, 5) is 15.1. The number of carbonyl (C=O) groups is 1. The summed E-state index contributed by atoms with van der Waals surface area (Å²) in [5.74, 6) is 0.455. The third kappa shape index (κ3) is 4.14. The summed E-state index contributed by atoms with van der Waals surface area (Å²) in [6.07, 6.45) is 1.56. The number of nitrogen functional groups attached to an aromatic ring is 1. The van der Waals surface area contributed by atoms with Gasteiger partial charge in [-0.3, -0.25) is 4.79 Å². The number of hydrogen-bond donors (Lipinski definition) is 2. The van der Waals surface area contributed by atoms with Gasteiger partial charge in [-0.05, 0) is 12.1 Å². The van der Waals surface area contributed by atoms with Crippen LogP contribution in [0.15, 0.2) is 18.3 Å². The van der Waals surface area contributed by atoms with E-state index in [1.54, 1.807) is 25.4 Å². The number of pyridine rings is 1. The molecule has 0 saturated heterocycles. The zero-order valence-electron chi connectivity index (χ0n) is 9.10. The van der Waals surface area contributed by atoms with Crippen LogP contribution in [-0.4, -0.2) is 37.8 Å². The van der Waals surface area contributed by atoms with Crippen molar-refractivity contribution in [2.45, 2.75) is 0 Å². The molecule has 0 aliphatic carbocycles. The van der Waals surface area contributed by atoms with Crippen LogP contribution < -0.4 is 15.8 Å². The van der Waals surface area contributed by atoms with Gasteiger partial charge in [-0.1, -0.05) is 0 Å². The van der Waals surface area contributed by atoms with Crippen LogP contribution in [0.25, 0.3) is 0 Å². The lowest BCUT2D eigenvalue weighted by molar-refractivity contribution is -0.123. The first kappa shape index (κ1) is 12.3. The number of carbonyl (C=O) groups excluding carboxylic acids is 1. The third-order valence-corrected chi connectivity index (χ3v) is 1.79. The maximum absolute atomic E-state index is 11.2. The molecule has 0 fully saturated rings. The molecule has 0 saturated carbocycles. The Morgan fingerprint density at radius 1 is 1.62 bits per heavy atom. The van der Waals surface area contributed by atoms with E-state index in [4.69, 9.17) is 15.2 Å². The van der Waals surface area contributed by atoms with Crippen LogP contribution in [-0.2, 0) is 9.53 Å². The van der Waals surface area contributed by atoms with Crippen molar-refractivity contribution >= 4 is 11.7 Å². The van der Waals surface area contributed by atoms with Crippen LogP contribution in [0, 0.1) is 0 Å². The van der Waals surface area contributed by atoms with Gasteiger partial charge in [-0.2, -0.15) is 0 Å². The van der Waals surface area contributed by atoms with E-state index in [2.05, 4.69) is 10.3 Å². The SMILES string of the molecule is COCCNC(=O)COc1cccnc1N. The quantitative estimate of drug-likeness (QED) is 0.655. The Balaban J connectivity index is 2.29. The molecule has 1 rings (SSSR count). The first-order valence-corrected chi connectivity index (χ1v) is 4.83. The second-order valence-corrected chi connectivity index (χ2v) is 3.02. The molecule has 16 heavy (non-hydrogen) atoms. The molecule has 0 spiro atoms. The van der Waals surface area contributed by atoms with E-state index >= 15 is 0 Å². The molecule has 0 unspecified atom stereocenters. The van der Waals surface area contributed by atoms with Gasteiger partial charge in [-0.25, -0.2) is 4.98 Å². The summed E-state index contributed by atoms with van der Waals surface area (Å²) in [5.41, 5.74) is 5.54. The second kappa shape index (κ2) is 6.62. The number of nitrogens with one attached hydrogen (secondary N) is 1. The molecule has 6 heteroatoms. The van der Waals surface area contributed by atoms with E-state index in [1.807, 2.05) is 0 Å². The van der Waals surface area contributed by atoms with Gasteiger partial charge in [0.25, 0.3) is 5.91 Å². The lowest BCUT2D eigenvalue weighted by Crippen LogP contribution is -2.31. The van der Waals surface area contributed by atoms with Crippen molar-refractivity contribution in [3.8, 4) is 5.75 Å². The van der Waals surface area contributed by atoms with Crippen molar-refractivity contribution in [1.82, 2.24) is 10.3 Å². The smallest absolute Gasteiger partial charge is 0.258 e. The summed E-state index contributed by atoms with van der Waals surface area (Å²) in [7, 11) is 1.57. The Hall–Kier alpha value is -1.82. The van der Waals surface area contributed by atoms with Crippen LogP contribution in [0.2, 0.25) is 0 Å². The van der Waals surface area contributed by atoms with Gasteiger partial charge >= 0.3 is 0 Å². The minimum atomic E-state index is -0.222. The van der Waals surface area contributed by atoms with Crippen molar-refractivity contribution in [3.05, 3.63) is 18.3 Å². The highest BCUT2D eigenvalue weighted by atomic mass is 16.5. The van der Waals surface area contributed by atoms with E-state index in [-0.39, 0.29) is 18.3 Å². The first-order chi connectivity index (χ1) is 7.74. The molecule has 3 N–H and O–H groups in total. The third-order valence-electron chi connectivity index (χ3n) is 1.79. The number of nitrogens with zero attached hydrogens (tertiary/aromatic N) is 1. The highest BCUT2D eigenvalue weighted by molar-refractivity contribution is 5.77. The molecule has 1 amide bonds. The topological polar surface area (TPSA) is 86.5 Å². The highest BCUT2D eigenvalue weighted by Crippen LogP contribution is 2.16. The van der Waals surface area contributed by atoms with E-state index < -0.39 is 0 Å². The van der Waals surface area contributed by atoms with Crippen LogP contribution in [0.1, 0.15) is 0 Å². The van der Waals surface area contributed by atoms with Gasteiger partial charge in [0.1, 0.15) is 0 Å². The number of aromatic nitrogens is 1. The predicted octanol–water partition coefficient (Wildman–Crippen LogP) is -0.195. The molecular weight excluding hydrogens is 210 g/mol. The summed E-state index contributed by atoms with van der Waals surface area (Å²) in [6, 6.07) is 3.35. The van der Waals surface area contributed by atoms with Crippen molar-refractivity contribution in [3.63, 3.8) is 0 Å². The highest BCUT2D eigenvalue weighted by Gasteiger charge is 2.04. The number of anilines is 1. The molecule has 0 bridgehead atoms. The molecule has 0 aromatic carbocycles. The number of ether oxygens (including phenoxy) is 2. The zero-order valence-corrected chi connectivity index (χ0v) is 9.10. The van der Waals surface area contributed by atoms with E-state index in [9.17, 15) is 4.79 Å². The number of methoxy groups -OCH3 is 1. The van der Waals surface area contributed by atoms with Crippen molar-refractivity contribution in [2.24, 2.45) is 0 Å². The maximum atomic E-state index is 11.2. The van der Waals surface area contributed by atoms with Crippen LogP contribution >= 0.6 is 0 Å². The summed E-state index contributed by atoms with van der Waals surface area (Å²) in [6.45, 7) is 0.849. The normalized spacial score (nSPS) is 9.81. The molecule has 0 radical (unpaired) electrons. The number of hydrogen-bond acceptors (Lipinski definition) is 5. The van der Waals surface area contributed by atoms with Crippen LogP contribution in [0.5, 0.6) is 5.75 Å². The molecule has 0 atom stereocenters. The number of rotatable bonds is 6. The fraction of sp³-hybridized carbons (Fsp3) is 0.400. The van der Waals surface area contributed by atoms with E-state index in [0.717, 1.165) is 0 Å². The predicted molar refractivity (Wildman–Crippen MR) is 59.0 cm³/mol. The Labute approximate surface area is 93.8 Å². The Morgan fingerprint density at radius 2 is 2.44 bits per heavy atom. The molecule has 1 heterocycles. The standard InChI is InChI=1S/C10H15N3O3/c1-15-6-5-12-9(14)7-16-8-3-2-4-13-10(8)11/h2-4H,5-7H2,1H3,(H2,11,13)(H,12,14). The fourth-order valence-corrected chi connectivity index (χ4v) is 1.01. The lowest BCUT2D eigenvalue weighted by atomic mass is 10.4. The monoisotopic (exact) mass is 225 g/mol.